The monoisotopic (exact) mass is 201 g/mol. The Balaban J connectivity index is 0. The fraction of sp³-hybridized carbons (Fsp3) is 0.375. The predicted molar refractivity (Wildman–Crippen MR) is 54.4 cm³/mol. The lowest BCUT2D eigenvalue weighted by Gasteiger charge is -2.10. The van der Waals surface area contributed by atoms with Crippen molar-refractivity contribution in [2.45, 2.75) is 13.8 Å². The van der Waals surface area contributed by atoms with E-state index in [1.54, 1.807) is 6.92 Å². The zero-order valence-corrected chi connectivity index (χ0v) is 8.30. The average Bonchev–Trinajstić information content (AvgIpc) is 2.06. The Bertz CT molecular complexity index is 222. The van der Waals surface area contributed by atoms with E-state index in [1.807, 2.05) is 6.92 Å². The van der Waals surface area contributed by atoms with Gasteiger partial charge < -0.3 is 15.7 Å². The quantitative estimate of drug-likeness (QED) is 0.658. The lowest BCUT2D eigenvalue weighted by Crippen LogP contribution is -2.21. The van der Waals surface area contributed by atoms with Gasteiger partial charge in [-0.05, 0) is 13.8 Å². The van der Waals surface area contributed by atoms with Crippen molar-refractivity contribution >= 4 is 18.3 Å². The van der Waals surface area contributed by atoms with E-state index in [0.29, 0.717) is 6.54 Å². The number of nitrogens with two attached hydrogens (primary N) is 1. The van der Waals surface area contributed by atoms with Gasteiger partial charge in [-0.2, -0.15) is 0 Å². The number of urea groups is 1. The summed E-state index contributed by atoms with van der Waals surface area (Å²) in [7, 11) is 0. The summed E-state index contributed by atoms with van der Waals surface area (Å²) in [6.45, 7) is 7.65. The van der Waals surface area contributed by atoms with Crippen molar-refractivity contribution in [1.82, 2.24) is 4.90 Å². The Labute approximate surface area is 82.7 Å². The van der Waals surface area contributed by atoms with Crippen LogP contribution in [-0.2, 0) is 0 Å². The van der Waals surface area contributed by atoms with Gasteiger partial charge in [0, 0.05) is 19.0 Å². The maximum absolute atomic E-state index is 10.9. The van der Waals surface area contributed by atoms with Crippen molar-refractivity contribution in [3.05, 3.63) is 12.8 Å². The van der Waals surface area contributed by atoms with E-state index < -0.39 is 6.09 Å². The van der Waals surface area contributed by atoms with E-state index in [0.717, 1.165) is 0 Å². The van der Waals surface area contributed by atoms with E-state index in [9.17, 15) is 4.79 Å². The fourth-order valence-electron chi connectivity index (χ4n) is 0.527. The molecule has 0 aliphatic rings. The van der Waals surface area contributed by atoms with E-state index in [4.69, 9.17) is 9.90 Å². The SMILES string of the molecule is C=CN(CC)C(=O)N=CC.NC(=O)O. The summed E-state index contributed by atoms with van der Waals surface area (Å²) in [5, 5.41) is 7.19. The van der Waals surface area contributed by atoms with Crippen LogP contribution in [0.15, 0.2) is 17.8 Å². The molecule has 0 aromatic rings. The highest BCUT2D eigenvalue weighted by Crippen LogP contribution is 1.91. The topological polar surface area (TPSA) is 96.0 Å². The minimum absolute atomic E-state index is 0.264. The highest BCUT2D eigenvalue weighted by atomic mass is 16.4. The van der Waals surface area contributed by atoms with Gasteiger partial charge in [0.15, 0.2) is 0 Å². The molecule has 0 atom stereocenters. The van der Waals surface area contributed by atoms with Crippen LogP contribution in [0.1, 0.15) is 13.8 Å². The minimum Gasteiger partial charge on any atom is -0.465 e. The first kappa shape index (κ1) is 14.7. The number of amides is 3. The van der Waals surface area contributed by atoms with Crippen LogP contribution in [0, 0.1) is 0 Å². The number of hydrogen-bond donors (Lipinski definition) is 2. The highest BCUT2D eigenvalue weighted by molar-refractivity contribution is 5.83. The van der Waals surface area contributed by atoms with E-state index >= 15 is 0 Å². The molecule has 0 aromatic carbocycles. The Morgan fingerprint density at radius 2 is 2.07 bits per heavy atom. The Hall–Kier alpha value is -1.85. The molecular formula is C8H15N3O3. The van der Waals surface area contributed by atoms with Crippen LogP contribution < -0.4 is 5.73 Å². The first-order valence-electron chi connectivity index (χ1n) is 3.89. The van der Waals surface area contributed by atoms with Crippen molar-refractivity contribution in [2.75, 3.05) is 6.54 Å². The first-order valence-corrected chi connectivity index (χ1v) is 3.89. The van der Waals surface area contributed by atoms with Crippen molar-refractivity contribution in [2.24, 2.45) is 10.7 Å². The van der Waals surface area contributed by atoms with Crippen LogP contribution in [0.4, 0.5) is 9.59 Å². The molecule has 0 saturated heterocycles. The zero-order valence-electron chi connectivity index (χ0n) is 8.30. The van der Waals surface area contributed by atoms with Crippen LogP contribution >= 0.6 is 0 Å². The lowest BCUT2D eigenvalue weighted by atomic mass is 10.6. The maximum Gasteiger partial charge on any atom is 0.402 e. The molecule has 0 aliphatic heterocycles. The van der Waals surface area contributed by atoms with Gasteiger partial charge in [-0.1, -0.05) is 6.58 Å². The molecule has 6 heteroatoms. The Kier molecular flexibility index (Phi) is 9.68. The van der Waals surface area contributed by atoms with Crippen LogP contribution in [0.2, 0.25) is 0 Å². The molecule has 0 saturated carbocycles. The Morgan fingerprint density at radius 3 is 2.29 bits per heavy atom. The maximum atomic E-state index is 10.9. The van der Waals surface area contributed by atoms with Crippen molar-refractivity contribution in [3.63, 3.8) is 0 Å². The molecule has 3 amide bonds. The summed E-state index contributed by atoms with van der Waals surface area (Å²) in [4.78, 5) is 24.6. The number of carboxylic acid groups (broad SMARTS) is 1. The third kappa shape index (κ3) is 10.2. The van der Waals surface area contributed by atoms with Gasteiger partial charge in [0.1, 0.15) is 0 Å². The Morgan fingerprint density at radius 1 is 1.64 bits per heavy atom. The van der Waals surface area contributed by atoms with Crippen LogP contribution in [-0.4, -0.2) is 34.9 Å². The van der Waals surface area contributed by atoms with E-state index in [1.165, 1.54) is 17.3 Å². The second-order valence-electron chi connectivity index (χ2n) is 1.98. The van der Waals surface area contributed by atoms with Crippen LogP contribution in [0.5, 0.6) is 0 Å². The summed E-state index contributed by atoms with van der Waals surface area (Å²) in [6, 6.07) is -0.264. The molecule has 14 heavy (non-hydrogen) atoms. The van der Waals surface area contributed by atoms with E-state index in [-0.39, 0.29) is 6.03 Å². The van der Waals surface area contributed by atoms with Crippen molar-refractivity contribution < 1.29 is 14.7 Å². The number of nitrogens with zero attached hydrogens (tertiary/aromatic N) is 2. The van der Waals surface area contributed by atoms with Gasteiger partial charge in [0.2, 0.25) is 0 Å². The molecule has 0 unspecified atom stereocenters. The molecule has 80 valence electrons. The summed E-state index contributed by atoms with van der Waals surface area (Å²) >= 11 is 0. The molecule has 0 aromatic heterocycles. The van der Waals surface area contributed by atoms with Gasteiger partial charge in [0.25, 0.3) is 0 Å². The minimum atomic E-state index is -1.33. The van der Waals surface area contributed by atoms with Crippen molar-refractivity contribution in [1.29, 1.82) is 0 Å². The number of hydrogen-bond acceptors (Lipinski definition) is 2. The third-order valence-electron chi connectivity index (χ3n) is 1.05. The second-order valence-corrected chi connectivity index (χ2v) is 1.98. The standard InChI is InChI=1S/C7H12N2O.CH3NO2/c1-4-8-7(10)9(5-2)6-3;2-1(3)4/h4-5H,2,6H2,1,3H3;2H2,(H,3,4). The smallest absolute Gasteiger partial charge is 0.402 e. The molecule has 0 heterocycles. The van der Waals surface area contributed by atoms with Crippen LogP contribution in [0.25, 0.3) is 0 Å². The first-order chi connectivity index (χ1) is 6.49. The fourth-order valence-corrected chi connectivity index (χ4v) is 0.527. The van der Waals surface area contributed by atoms with Gasteiger partial charge in [-0.3, -0.25) is 0 Å². The van der Waals surface area contributed by atoms with E-state index in [2.05, 4.69) is 17.3 Å². The molecule has 6 nitrogen and oxygen atoms in total. The number of carbonyl (C=O) groups excluding carboxylic acids is 1. The normalized spacial score (nSPS) is 8.71. The number of carbonyl (C=O) groups is 2. The molecule has 0 radical (unpaired) electrons. The second kappa shape index (κ2) is 9.24. The van der Waals surface area contributed by atoms with Gasteiger partial charge >= 0.3 is 12.1 Å². The predicted octanol–water partition coefficient (Wildman–Crippen LogP) is 1.29. The molecular weight excluding hydrogens is 186 g/mol. The summed E-state index contributed by atoms with van der Waals surface area (Å²) in [6.07, 6.45) is 1.60. The largest absolute Gasteiger partial charge is 0.465 e. The average molecular weight is 201 g/mol. The number of primary amides is 1. The number of aliphatic imine (C=N–C) groups is 1. The molecule has 0 aliphatic carbocycles. The number of rotatable bonds is 2. The third-order valence-corrected chi connectivity index (χ3v) is 1.05. The van der Waals surface area contributed by atoms with Gasteiger partial charge in [-0.15, -0.1) is 0 Å². The summed E-state index contributed by atoms with van der Waals surface area (Å²) < 4.78 is 0. The lowest BCUT2D eigenvalue weighted by molar-refractivity contribution is 0.205. The molecule has 0 spiro atoms. The zero-order chi connectivity index (χ0) is 11.6. The molecule has 0 bridgehead atoms. The highest BCUT2D eigenvalue weighted by Gasteiger charge is 2.02. The van der Waals surface area contributed by atoms with Crippen molar-refractivity contribution in [3.8, 4) is 0 Å². The molecule has 0 rings (SSSR count). The van der Waals surface area contributed by atoms with Crippen LogP contribution in [0.3, 0.4) is 0 Å². The molecule has 3 N–H and O–H groups in total. The molecule has 0 fully saturated rings. The van der Waals surface area contributed by atoms with Gasteiger partial charge in [0.05, 0.1) is 0 Å². The summed E-state index contributed by atoms with van der Waals surface area (Å²) in [5.74, 6) is 0. The van der Waals surface area contributed by atoms with Gasteiger partial charge in [-0.25, -0.2) is 14.6 Å². The summed E-state index contributed by atoms with van der Waals surface area (Å²) in [5.41, 5.74) is 4.03.